The Balaban J connectivity index is 1.26. The average Bonchev–Trinajstić information content (AvgIpc) is 3.47. The Kier molecular flexibility index (Phi) is 6.96. The van der Waals surface area contributed by atoms with Crippen molar-refractivity contribution in [2.75, 3.05) is 26.2 Å². The van der Waals surface area contributed by atoms with Gasteiger partial charge in [-0.05, 0) is 74.3 Å². The van der Waals surface area contributed by atoms with Gasteiger partial charge in [0.25, 0.3) is 5.91 Å². The van der Waals surface area contributed by atoms with Gasteiger partial charge in [-0.25, -0.2) is 4.39 Å². The lowest BCUT2D eigenvalue weighted by Crippen LogP contribution is -2.47. The highest BCUT2D eigenvalue weighted by atomic mass is 19.1. The van der Waals surface area contributed by atoms with Crippen LogP contribution in [0.15, 0.2) is 48.0 Å². The van der Waals surface area contributed by atoms with Gasteiger partial charge >= 0.3 is 0 Å². The van der Waals surface area contributed by atoms with E-state index < -0.39 is 11.6 Å². The summed E-state index contributed by atoms with van der Waals surface area (Å²) >= 11 is 0. The van der Waals surface area contributed by atoms with Crippen LogP contribution in [0.2, 0.25) is 0 Å². The van der Waals surface area contributed by atoms with Crippen molar-refractivity contribution in [3.05, 3.63) is 64.7 Å². The lowest BCUT2D eigenvalue weighted by atomic mass is 9.81. The number of likely N-dealkylation sites (tertiary alicyclic amines) is 2. The molecule has 1 saturated carbocycles. The van der Waals surface area contributed by atoms with Gasteiger partial charge in [-0.15, -0.1) is 0 Å². The van der Waals surface area contributed by atoms with E-state index in [-0.39, 0.29) is 5.91 Å². The summed E-state index contributed by atoms with van der Waals surface area (Å²) < 4.78 is 16.8. The van der Waals surface area contributed by atoms with E-state index in [4.69, 9.17) is 5.73 Å². The van der Waals surface area contributed by atoms with Gasteiger partial charge in [0.05, 0.1) is 12.2 Å². The number of primary amides is 1. The molecule has 4 heterocycles. The number of nitrogens with two attached hydrogens (primary N) is 1. The molecule has 42 heavy (non-hydrogen) atoms. The molecule has 0 radical (unpaired) electrons. The van der Waals surface area contributed by atoms with Crippen LogP contribution in [-0.4, -0.2) is 64.1 Å². The van der Waals surface area contributed by atoms with Gasteiger partial charge in [-0.1, -0.05) is 49.6 Å². The Bertz CT molecular complexity index is 1570. The normalized spacial score (nSPS) is 23.9. The van der Waals surface area contributed by atoms with Crippen LogP contribution in [0.5, 0.6) is 0 Å². The molecule has 2 aromatic carbocycles. The van der Waals surface area contributed by atoms with Crippen LogP contribution in [0, 0.1) is 0 Å². The highest BCUT2D eigenvalue weighted by Gasteiger charge is 2.39. The zero-order valence-corrected chi connectivity index (χ0v) is 24.6. The van der Waals surface area contributed by atoms with Crippen LogP contribution in [0.1, 0.15) is 85.7 Å². The second kappa shape index (κ2) is 10.7. The maximum Gasteiger partial charge on any atom is 0.251 e. The van der Waals surface area contributed by atoms with E-state index in [1.807, 2.05) is 23.1 Å². The monoisotopic (exact) mass is 568 g/mol. The Morgan fingerprint density at radius 2 is 1.74 bits per heavy atom. The number of rotatable bonds is 4. The van der Waals surface area contributed by atoms with E-state index in [1.165, 1.54) is 30.5 Å². The quantitative estimate of drug-likeness (QED) is 0.403. The van der Waals surface area contributed by atoms with Crippen LogP contribution >= 0.6 is 0 Å². The summed E-state index contributed by atoms with van der Waals surface area (Å²) in [7, 11) is 0. The first-order chi connectivity index (χ1) is 20.3. The second-order valence-corrected chi connectivity index (χ2v) is 13.2. The highest BCUT2D eigenvalue weighted by molar-refractivity contribution is 6.04. The number of fused-ring (bicyclic) bond motifs is 5. The molecule has 0 bridgehead atoms. The van der Waals surface area contributed by atoms with E-state index in [9.17, 15) is 14.0 Å². The van der Waals surface area contributed by atoms with Crippen LogP contribution in [0.3, 0.4) is 0 Å². The number of hydrogen-bond donors (Lipinski definition) is 1. The molecule has 2 N–H and O–H groups in total. The molecular formula is C35H41FN4O2. The molecule has 2 saturated heterocycles. The Morgan fingerprint density at radius 1 is 0.976 bits per heavy atom. The molecule has 3 aliphatic heterocycles. The van der Waals surface area contributed by atoms with Crippen LogP contribution in [-0.2, 0) is 11.3 Å². The van der Waals surface area contributed by atoms with Crippen molar-refractivity contribution in [1.82, 2.24) is 14.4 Å². The predicted molar refractivity (Wildman–Crippen MR) is 165 cm³/mol. The van der Waals surface area contributed by atoms with E-state index in [0.717, 1.165) is 59.8 Å². The van der Waals surface area contributed by atoms with Crippen molar-refractivity contribution in [2.45, 2.75) is 82.5 Å². The van der Waals surface area contributed by atoms with Crippen molar-refractivity contribution in [2.24, 2.45) is 5.73 Å². The first-order valence-electron chi connectivity index (χ1n) is 15.8. The van der Waals surface area contributed by atoms with E-state index in [0.29, 0.717) is 50.1 Å². The molecule has 3 fully saturated rings. The zero-order valence-electron chi connectivity index (χ0n) is 24.6. The topological polar surface area (TPSA) is 71.6 Å². The lowest BCUT2D eigenvalue weighted by Gasteiger charge is -2.37. The van der Waals surface area contributed by atoms with Crippen LogP contribution in [0.4, 0.5) is 4.39 Å². The summed E-state index contributed by atoms with van der Waals surface area (Å²) in [5.74, 6) is 0.0690. The highest BCUT2D eigenvalue weighted by Crippen LogP contribution is 2.46. The number of aromatic nitrogens is 1. The Morgan fingerprint density at radius 3 is 2.45 bits per heavy atom. The fourth-order valence-electron chi connectivity index (χ4n) is 8.07. The molecular weight excluding hydrogens is 527 g/mol. The van der Waals surface area contributed by atoms with Crippen molar-refractivity contribution in [3.63, 3.8) is 0 Å². The maximum atomic E-state index is 14.5. The molecule has 4 aliphatic rings. The van der Waals surface area contributed by atoms with Gasteiger partial charge in [0, 0.05) is 59.8 Å². The Hall–Kier alpha value is -3.45. The summed E-state index contributed by atoms with van der Waals surface area (Å²) in [6.07, 6.45) is 10.4. The number of piperidine rings is 1. The molecule has 0 unspecified atom stereocenters. The molecule has 1 atom stereocenters. The summed E-state index contributed by atoms with van der Waals surface area (Å²) in [5, 5.41) is 1.16. The van der Waals surface area contributed by atoms with Gasteiger partial charge in [-0.3, -0.25) is 14.5 Å². The van der Waals surface area contributed by atoms with Gasteiger partial charge in [0.15, 0.2) is 0 Å². The SMILES string of the molecule is C[C@]1(F)CCN(C2CCN(C(=O)C3=Cc4ccccc4-c4c(C5CCCCC5)c5ccc(C(N)=O)cc5n4C3)CC2)C1. The third-order valence-electron chi connectivity index (χ3n) is 10.3. The fourth-order valence-corrected chi connectivity index (χ4v) is 8.07. The zero-order chi connectivity index (χ0) is 29.0. The van der Waals surface area contributed by atoms with Crippen molar-refractivity contribution < 1.29 is 14.0 Å². The first-order valence-corrected chi connectivity index (χ1v) is 15.8. The minimum Gasteiger partial charge on any atom is -0.366 e. The predicted octanol–water partition coefficient (Wildman–Crippen LogP) is 6.28. The fraction of sp³-hybridized carbons (Fsp3) is 0.486. The second-order valence-electron chi connectivity index (χ2n) is 13.2. The smallest absolute Gasteiger partial charge is 0.251 e. The molecule has 2 amide bonds. The number of benzene rings is 2. The number of nitrogens with zero attached hydrogens (tertiary/aromatic N) is 3. The largest absolute Gasteiger partial charge is 0.366 e. The summed E-state index contributed by atoms with van der Waals surface area (Å²) in [4.78, 5) is 30.7. The average molecular weight is 569 g/mol. The summed E-state index contributed by atoms with van der Waals surface area (Å²) in [6.45, 7) is 4.80. The van der Waals surface area contributed by atoms with Gasteiger partial charge in [-0.2, -0.15) is 0 Å². The number of carbonyl (C=O) groups excluding carboxylic acids is 2. The molecule has 0 spiro atoms. The van der Waals surface area contributed by atoms with Crippen LogP contribution < -0.4 is 5.73 Å². The molecule has 6 nitrogen and oxygen atoms in total. The minimum atomic E-state index is -1.10. The number of hydrogen-bond acceptors (Lipinski definition) is 3. The molecule has 7 heteroatoms. The van der Waals surface area contributed by atoms with Crippen LogP contribution in [0.25, 0.3) is 28.2 Å². The van der Waals surface area contributed by atoms with E-state index >= 15 is 0 Å². The third kappa shape index (κ3) is 4.85. The summed E-state index contributed by atoms with van der Waals surface area (Å²) in [6, 6.07) is 14.6. The molecule has 1 aliphatic carbocycles. The molecule has 7 rings (SSSR count). The number of halogens is 1. The lowest BCUT2D eigenvalue weighted by molar-refractivity contribution is -0.128. The standard InChI is InChI=1S/C35H41FN4O2/c1-35(36)15-18-39(22-35)27-13-16-38(17-14-27)34(42)26-19-24-9-5-6-10-28(24)32-31(23-7-3-2-4-8-23)29-12-11-25(33(37)41)20-30(29)40(32)21-26/h5-6,9-12,19-20,23,27H,2-4,7-8,13-18,21-22H2,1H3,(H2,37,41)/t35-/m0/s1. The van der Waals surface area contributed by atoms with Crippen molar-refractivity contribution in [3.8, 4) is 11.3 Å². The maximum absolute atomic E-state index is 14.5. The van der Waals surface area contributed by atoms with Crippen molar-refractivity contribution >= 4 is 28.8 Å². The number of amides is 2. The first kappa shape index (κ1) is 27.4. The summed E-state index contributed by atoms with van der Waals surface area (Å²) in [5.41, 5.74) is 11.6. The van der Waals surface area contributed by atoms with Gasteiger partial charge in [0.1, 0.15) is 5.67 Å². The van der Waals surface area contributed by atoms with Gasteiger partial charge < -0.3 is 15.2 Å². The molecule has 3 aromatic rings. The number of alkyl halides is 1. The molecule has 1 aromatic heterocycles. The number of carbonyl (C=O) groups is 2. The van der Waals surface area contributed by atoms with E-state index in [2.05, 4.69) is 39.8 Å². The van der Waals surface area contributed by atoms with Gasteiger partial charge in [0.2, 0.25) is 5.91 Å². The third-order valence-corrected chi connectivity index (χ3v) is 10.3. The molecule has 220 valence electrons. The van der Waals surface area contributed by atoms with E-state index in [1.54, 1.807) is 6.92 Å². The van der Waals surface area contributed by atoms with Crippen molar-refractivity contribution in [1.29, 1.82) is 0 Å². The minimum absolute atomic E-state index is 0.0694. The Labute approximate surface area is 247 Å².